The van der Waals surface area contributed by atoms with Crippen LogP contribution in [0.1, 0.15) is 112 Å². The second kappa shape index (κ2) is 13.1. The zero-order chi connectivity index (χ0) is 32.7. The number of aromatic nitrogens is 2. The van der Waals surface area contributed by atoms with E-state index in [-0.39, 0.29) is 17.3 Å². The van der Waals surface area contributed by atoms with Gasteiger partial charge < -0.3 is 18.3 Å². The van der Waals surface area contributed by atoms with Crippen molar-refractivity contribution in [2.45, 2.75) is 142 Å². The van der Waals surface area contributed by atoms with Gasteiger partial charge >= 0.3 is 7.12 Å². The molecule has 3 aromatic rings. The Bertz CT molecular complexity index is 1450. The van der Waals surface area contributed by atoms with E-state index in [4.69, 9.17) is 19.0 Å². The Morgan fingerprint density at radius 1 is 0.933 bits per heavy atom. The summed E-state index contributed by atoms with van der Waals surface area (Å²) in [7, 11) is -2.37. The minimum atomic E-state index is -1.98. The molecule has 45 heavy (non-hydrogen) atoms. The van der Waals surface area contributed by atoms with Crippen LogP contribution in [-0.4, -0.2) is 41.9 Å². The van der Waals surface area contributed by atoms with Crippen molar-refractivity contribution in [3.05, 3.63) is 71.5 Å². The van der Waals surface area contributed by atoms with Crippen molar-refractivity contribution in [1.82, 2.24) is 9.22 Å². The Balaban J connectivity index is 1.55. The number of nitrogens with zero attached hydrogens (tertiary/aromatic N) is 2. The van der Waals surface area contributed by atoms with Crippen LogP contribution in [0.2, 0.25) is 16.6 Å². The van der Waals surface area contributed by atoms with Gasteiger partial charge in [-0.2, -0.15) is 0 Å². The van der Waals surface area contributed by atoms with Crippen molar-refractivity contribution < 1.29 is 14.0 Å². The normalized spacial score (nSPS) is 22.4. The smallest absolute Gasteiger partial charge is 0.400 e. The van der Waals surface area contributed by atoms with Crippen LogP contribution in [-0.2, 0) is 20.7 Å². The lowest BCUT2D eigenvalue weighted by atomic mass is 9.73. The summed E-state index contributed by atoms with van der Waals surface area (Å²) in [6, 6.07) is 12.9. The zero-order valence-electron chi connectivity index (χ0n) is 29.8. The van der Waals surface area contributed by atoms with E-state index in [2.05, 4.69) is 135 Å². The molecule has 244 valence electrons. The number of rotatable bonds is 10. The van der Waals surface area contributed by atoms with E-state index < -0.39 is 15.4 Å². The van der Waals surface area contributed by atoms with Gasteiger partial charge in [0.05, 0.1) is 23.9 Å². The fourth-order valence-corrected chi connectivity index (χ4v) is 15.1. The lowest BCUT2D eigenvalue weighted by molar-refractivity contribution is 0.00578. The van der Waals surface area contributed by atoms with Gasteiger partial charge in [0.1, 0.15) is 5.65 Å². The van der Waals surface area contributed by atoms with E-state index >= 15 is 0 Å². The SMILES string of the molecule is Cc1cnc2c(ccn2[Si](C(C)C)(C(C)C)C(C)C)c1/C(=C\B1OC(C)(C)C(C)(C)O1)C1CCC(OCc2ccccc2)CC1. The van der Waals surface area contributed by atoms with Gasteiger partial charge in [-0.15, -0.1) is 0 Å². The van der Waals surface area contributed by atoms with Crippen molar-refractivity contribution >= 4 is 32.0 Å². The van der Waals surface area contributed by atoms with Crippen molar-refractivity contribution in [3.8, 4) is 0 Å². The van der Waals surface area contributed by atoms with Crippen LogP contribution in [0.5, 0.6) is 0 Å². The molecule has 7 heteroatoms. The molecule has 0 unspecified atom stereocenters. The monoisotopic (exact) mass is 628 g/mol. The molecule has 0 atom stereocenters. The largest absolute Gasteiger partial charge is 0.487 e. The maximum Gasteiger partial charge on any atom is 0.487 e. The summed E-state index contributed by atoms with van der Waals surface area (Å²) in [5.74, 6) is 2.71. The van der Waals surface area contributed by atoms with Crippen molar-refractivity contribution in [2.24, 2.45) is 5.92 Å². The number of hydrogen-bond donors (Lipinski definition) is 0. The molecule has 0 spiro atoms. The number of pyridine rings is 1. The molecule has 1 aliphatic carbocycles. The topological polar surface area (TPSA) is 45.5 Å². The molecule has 2 aliphatic rings. The molecule has 5 nitrogen and oxygen atoms in total. The van der Waals surface area contributed by atoms with Crippen LogP contribution < -0.4 is 0 Å². The summed E-state index contributed by atoms with van der Waals surface area (Å²) in [4.78, 5) is 5.17. The number of fused-ring (bicyclic) bond motifs is 1. The van der Waals surface area contributed by atoms with E-state index in [1.807, 2.05) is 0 Å². The third-order valence-electron chi connectivity index (χ3n) is 11.4. The maximum atomic E-state index is 6.58. The molecule has 0 radical (unpaired) electrons. The third kappa shape index (κ3) is 6.39. The van der Waals surface area contributed by atoms with Crippen LogP contribution in [0.25, 0.3) is 16.6 Å². The fourth-order valence-electron chi connectivity index (χ4n) is 8.57. The van der Waals surface area contributed by atoms with Crippen molar-refractivity contribution in [3.63, 3.8) is 0 Å². The number of allylic oxidation sites excluding steroid dienone is 1. The number of hydrogen-bond acceptors (Lipinski definition) is 4. The van der Waals surface area contributed by atoms with Crippen LogP contribution in [0.4, 0.5) is 0 Å². The van der Waals surface area contributed by atoms with Gasteiger partial charge in [0.15, 0.2) is 8.24 Å². The van der Waals surface area contributed by atoms with Crippen molar-refractivity contribution in [1.29, 1.82) is 0 Å². The molecule has 5 rings (SSSR count). The lowest BCUT2D eigenvalue weighted by Gasteiger charge is -2.44. The average Bonchev–Trinajstić information content (AvgIpc) is 3.48. The highest BCUT2D eigenvalue weighted by atomic mass is 28.3. The minimum Gasteiger partial charge on any atom is -0.400 e. The molecule has 0 bridgehead atoms. The Morgan fingerprint density at radius 3 is 2.07 bits per heavy atom. The summed E-state index contributed by atoms with van der Waals surface area (Å²) in [6.07, 6.45) is 9.03. The second-order valence-electron chi connectivity index (χ2n) is 15.6. The van der Waals surface area contributed by atoms with Gasteiger partial charge in [-0.3, -0.25) is 0 Å². The van der Waals surface area contributed by atoms with Gasteiger partial charge in [0.25, 0.3) is 0 Å². The standard InChI is InChI=1S/C38H57BN2O3Si/c1-26(2)45(27(3)4,28(5)6)41-22-21-33-35(29(7)24-40-36(33)41)34(23-39-43-37(8,9)38(10,11)44-39)31-17-19-32(20-18-31)42-25-30-15-13-12-14-16-30/h12-16,21-24,26-28,31-32H,17-20,25H2,1-11H3/b34-23-. The van der Waals surface area contributed by atoms with Gasteiger partial charge in [-0.1, -0.05) is 77.8 Å². The maximum absolute atomic E-state index is 6.58. The molecule has 1 saturated carbocycles. The lowest BCUT2D eigenvalue weighted by Crippen LogP contribution is -2.51. The highest BCUT2D eigenvalue weighted by Crippen LogP contribution is 2.47. The van der Waals surface area contributed by atoms with Crippen LogP contribution >= 0.6 is 0 Å². The Hall–Kier alpha value is -2.19. The van der Waals surface area contributed by atoms with E-state index in [0.29, 0.717) is 29.1 Å². The first-order chi connectivity index (χ1) is 21.2. The number of aryl methyl sites for hydroxylation is 1. The van der Waals surface area contributed by atoms with E-state index in [1.165, 1.54) is 27.6 Å². The molecule has 2 aromatic heterocycles. The summed E-state index contributed by atoms with van der Waals surface area (Å²) < 4.78 is 22.2. The van der Waals surface area contributed by atoms with Gasteiger partial charge in [-0.05, 0) is 117 Å². The predicted molar refractivity (Wildman–Crippen MR) is 192 cm³/mol. The first-order valence-electron chi connectivity index (χ1n) is 17.4. The first-order valence-corrected chi connectivity index (χ1v) is 19.6. The minimum absolute atomic E-state index is 0.286. The highest BCUT2D eigenvalue weighted by molar-refractivity contribution is 6.82. The second-order valence-corrected chi connectivity index (χ2v) is 21.3. The predicted octanol–water partition coefficient (Wildman–Crippen LogP) is 10.2. The van der Waals surface area contributed by atoms with Crippen LogP contribution in [0.3, 0.4) is 0 Å². The molecular weight excluding hydrogens is 571 g/mol. The fraction of sp³-hybridized carbons (Fsp3) is 0.605. The summed E-state index contributed by atoms with van der Waals surface area (Å²) in [5.41, 5.74) is 7.26. The quantitative estimate of drug-likeness (QED) is 0.210. The Morgan fingerprint density at radius 2 is 1.51 bits per heavy atom. The van der Waals surface area contributed by atoms with E-state index in [1.54, 1.807) is 0 Å². The average molecular weight is 629 g/mol. The summed E-state index contributed by atoms with van der Waals surface area (Å²) >= 11 is 0. The first kappa shape index (κ1) is 34.2. The molecule has 2 fully saturated rings. The summed E-state index contributed by atoms with van der Waals surface area (Å²) in [6.45, 7) is 26.0. The molecule has 3 heterocycles. The number of benzene rings is 1. The van der Waals surface area contributed by atoms with Crippen molar-refractivity contribution in [2.75, 3.05) is 0 Å². The molecule has 1 aromatic carbocycles. The van der Waals surface area contributed by atoms with Gasteiger partial charge in [-0.25, -0.2) is 4.98 Å². The summed E-state index contributed by atoms with van der Waals surface area (Å²) in [5, 5.41) is 1.26. The highest BCUT2D eigenvalue weighted by Gasteiger charge is 2.51. The molecule has 0 N–H and O–H groups in total. The Kier molecular flexibility index (Phi) is 9.97. The zero-order valence-corrected chi connectivity index (χ0v) is 30.8. The molecule has 1 saturated heterocycles. The van der Waals surface area contributed by atoms with Gasteiger partial charge in [0, 0.05) is 11.6 Å². The molecular formula is C38H57BN2O3Si. The van der Waals surface area contributed by atoms with E-state index in [0.717, 1.165) is 31.3 Å². The Labute approximate surface area is 274 Å². The van der Waals surface area contributed by atoms with Crippen LogP contribution in [0.15, 0.2) is 54.8 Å². The van der Waals surface area contributed by atoms with Crippen LogP contribution in [0, 0.1) is 12.8 Å². The van der Waals surface area contributed by atoms with Gasteiger partial charge in [0.2, 0.25) is 0 Å². The molecule has 0 amide bonds. The third-order valence-corrected chi connectivity index (χ3v) is 18.2. The molecule has 1 aliphatic heterocycles. The van der Waals surface area contributed by atoms with E-state index in [9.17, 15) is 0 Å². The number of ether oxygens (including phenoxy) is 1.